The maximum atomic E-state index is 12.7. The number of rotatable bonds is 5. The van der Waals surface area contributed by atoms with Crippen molar-refractivity contribution in [2.75, 3.05) is 20.1 Å². The molecule has 1 aliphatic rings. The first-order valence-corrected chi connectivity index (χ1v) is 8.44. The number of hydrogen-bond donors (Lipinski definition) is 3. The molecule has 1 rings (SSSR count). The van der Waals surface area contributed by atoms with Crippen molar-refractivity contribution in [3.8, 4) is 0 Å². The number of nitrogens with zero attached hydrogens (tertiary/aromatic N) is 1. The molecule has 3 N–H and O–H groups in total. The van der Waals surface area contributed by atoms with Crippen molar-refractivity contribution in [3.05, 3.63) is 0 Å². The number of nitrogens with one attached hydrogen (secondary N) is 3. The molecular weight excluding hydrogens is 448 g/mol. The van der Waals surface area contributed by atoms with E-state index in [4.69, 9.17) is 0 Å². The summed E-state index contributed by atoms with van der Waals surface area (Å²) in [5.74, 6) is -0.750. The maximum absolute atomic E-state index is 12.7. The Morgan fingerprint density at radius 3 is 2.16 bits per heavy atom. The summed E-state index contributed by atoms with van der Waals surface area (Å²) in [6.45, 7) is 6.45. The Morgan fingerprint density at radius 2 is 1.72 bits per heavy atom. The van der Waals surface area contributed by atoms with Crippen LogP contribution in [-0.4, -0.2) is 44.2 Å². The Morgan fingerprint density at radius 1 is 1.16 bits per heavy atom. The lowest BCUT2D eigenvalue weighted by Gasteiger charge is -2.31. The molecule has 0 atom stereocenters. The number of guanidine groups is 1. The monoisotopic (exact) mass is 478 g/mol. The van der Waals surface area contributed by atoms with Crippen molar-refractivity contribution in [1.29, 1.82) is 0 Å². The predicted octanol–water partition coefficient (Wildman–Crippen LogP) is 3.05. The Hall–Kier alpha value is -0.740. The molecule has 1 fully saturated rings. The highest BCUT2D eigenvalue weighted by Crippen LogP contribution is 2.37. The van der Waals surface area contributed by atoms with Gasteiger partial charge in [0.25, 0.3) is 0 Å². The van der Waals surface area contributed by atoms with Crippen molar-refractivity contribution in [1.82, 2.24) is 16.0 Å². The third-order valence-electron chi connectivity index (χ3n) is 4.35. The van der Waals surface area contributed by atoms with Crippen molar-refractivity contribution in [3.63, 3.8) is 0 Å². The SMILES string of the molecule is CCNC(=NCC(C)(C)C(=O)NC)NC1CCC(C(F)(F)F)CC1.I. The van der Waals surface area contributed by atoms with Gasteiger partial charge in [0, 0.05) is 19.6 Å². The quantitative estimate of drug-likeness (QED) is 0.324. The van der Waals surface area contributed by atoms with Crippen LogP contribution in [0.3, 0.4) is 0 Å². The van der Waals surface area contributed by atoms with Crippen LogP contribution in [0.15, 0.2) is 4.99 Å². The van der Waals surface area contributed by atoms with E-state index in [-0.39, 0.29) is 48.8 Å². The average Bonchev–Trinajstić information content (AvgIpc) is 2.51. The van der Waals surface area contributed by atoms with E-state index >= 15 is 0 Å². The molecule has 0 unspecified atom stereocenters. The highest BCUT2D eigenvalue weighted by Gasteiger charge is 2.41. The molecule has 1 saturated carbocycles. The summed E-state index contributed by atoms with van der Waals surface area (Å²) in [5, 5.41) is 8.89. The predicted molar refractivity (Wildman–Crippen MR) is 104 cm³/mol. The van der Waals surface area contributed by atoms with E-state index in [1.807, 2.05) is 6.92 Å². The maximum Gasteiger partial charge on any atom is 0.391 e. The van der Waals surface area contributed by atoms with E-state index in [0.717, 1.165) is 0 Å². The minimum absolute atomic E-state index is 0. The lowest BCUT2D eigenvalue weighted by molar-refractivity contribution is -0.182. The summed E-state index contributed by atoms with van der Waals surface area (Å²) in [4.78, 5) is 16.2. The van der Waals surface area contributed by atoms with E-state index < -0.39 is 17.5 Å². The first kappa shape index (κ1) is 24.3. The molecule has 0 spiro atoms. The highest BCUT2D eigenvalue weighted by atomic mass is 127. The number of aliphatic imine (C=N–C) groups is 1. The lowest BCUT2D eigenvalue weighted by atomic mass is 9.85. The van der Waals surface area contributed by atoms with Gasteiger partial charge in [-0.1, -0.05) is 0 Å². The van der Waals surface area contributed by atoms with Gasteiger partial charge in [0.15, 0.2) is 5.96 Å². The Labute approximate surface area is 165 Å². The first-order chi connectivity index (χ1) is 11.1. The fourth-order valence-electron chi connectivity index (χ4n) is 2.77. The van der Waals surface area contributed by atoms with E-state index in [9.17, 15) is 18.0 Å². The zero-order valence-corrected chi connectivity index (χ0v) is 17.6. The molecular formula is C16H30F3IN4O. The van der Waals surface area contributed by atoms with Crippen LogP contribution in [0.2, 0.25) is 0 Å². The van der Waals surface area contributed by atoms with Gasteiger partial charge in [-0.15, -0.1) is 24.0 Å². The molecule has 0 aromatic rings. The number of carbonyl (C=O) groups is 1. The first-order valence-electron chi connectivity index (χ1n) is 8.44. The topological polar surface area (TPSA) is 65.5 Å². The molecule has 0 saturated heterocycles. The number of amides is 1. The number of carbonyl (C=O) groups excluding carboxylic acids is 1. The molecule has 0 aliphatic heterocycles. The molecule has 25 heavy (non-hydrogen) atoms. The minimum Gasteiger partial charge on any atom is -0.359 e. The van der Waals surface area contributed by atoms with Crippen LogP contribution in [0.4, 0.5) is 13.2 Å². The zero-order chi connectivity index (χ0) is 18.4. The highest BCUT2D eigenvalue weighted by molar-refractivity contribution is 14.0. The summed E-state index contributed by atoms with van der Waals surface area (Å²) >= 11 is 0. The van der Waals surface area contributed by atoms with Crippen LogP contribution < -0.4 is 16.0 Å². The molecule has 5 nitrogen and oxygen atoms in total. The molecule has 0 aromatic carbocycles. The van der Waals surface area contributed by atoms with Crippen LogP contribution in [0, 0.1) is 11.3 Å². The summed E-state index contributed by atoms with van der Waals surface area (Å²) in [6, 6.07) is -0.0236. The fourth-order valence-corrected chi connectivity index (χ4v) is 2.77. The van der Waals surface area contributed by atoms with Gasteiger partial charge in [0.05, 0.1) is 17.9 Å². The molecule has 9 heteroatoms. The van der Waals surface area contributed by atoms with Gasteiger partial charge >= 0.3 is 6.18 Å². The van der Waals surface area contributed by atoms with Gasteiger partial charge in [-0.05, 0) is 46.5 Å². The molecule has 1 aliphatic carbocycles. The van der Waals surface area contributed by atoms with E-state index in [0.29, 0.717) is 31.9 Å². The van der Waals surface area contributed by atoms with Crippen molar-refractivity contribution < 1.29 is 18.0 Å². The minimum atomic E-state index is -4.10. The van der Waals surface area contributed by atoms with Crippen LogP contribution in [0.5, 0.6) is 0 Å². The van der Waals surface area contributed by atoms with Crippen molar-refractivity contribution in [2.45, 2.75) is 58.7 Å². The van der Waals surface area contributed by atoms with Gasteiger partial charge in [-0.2, -0.15) is 13.2 Å². The normalized spacial score (nSPS) is 22.0. The average molecular weight is 478 g/mol. The van der Waals surface area contributed by atoms with Gasteiger partial charge < -0.3 is 16.0 Å². The molecule has 0 heterocycles. The second-order valence-corrected chi connectivity index (χ2v) is 6.89. The van der Waals surface area contributed by atoms with E-state index in [2.05, 4.69) is 20.9 Å². The van der Waals surface area contributed by atoms with Crippen LogP contribution in [0.1, 0.15) is 46.5 Å². The second kappa shape index (κ2) is 10.4. The Bertz CT molecular complexity index is 447. The molecule has 0 aromatic heterocycles. The summed E-state index contributed by atoms with van der Waals surface area (Å²) in [5.41, 5.74) is -0.648. The van der Waals surface area contributed by atoms with Gasteiger partial charge in [-0.25, -0.2) is 0 Å². The van der Waals surface area contributed by atoms with Gasteiger partial charge in [-0.3, -0.25) is 9.79 Å². The molecule has 1 amide bonds. The molecule has 0 bridgehead atoms. The Kier molecular flexibility index (Phi) is 10.1. The van der Waals surface area contributed by atoms with Crippen LogP contribution in [0.25, 0.3) is 0 Å². The standard InChI is InChI=1S/C16H29F3N4O.HI/c1-5-21-14(22-10-15(2,3)13(24)20-4)23-12-8-6-11(7-9-12)16(17,18)19;/h11-12H,5-10H2,1-4H3,(H,20,24)(H2,21,22,23);1H. The Balaban J connectivity index is 0.00000576. The summed E-state index contributed by atoms with van der Waals surface area (Å²) in [7, 11) is 1.58. The summed E-state index contributed by atoms with van der Waals surface area (Å²) < 4.78 is 38.2. The van der Waals surface area contributed by atoms with Crippen molar-refractivity contribution in [2.24, 2.45) is 16.3 Å². The van der Waals surface area contributed by atoms with E-state index in [1.165, 1.54) is 0 Å². The number of halogens is 4. The zero-order valence-electron chi connectivity index (χ0n) is 15.3. The third kappa shape index (κ3) is 8.00. The van der Waals surface area contributed by atoms with E-state index in [1.54, 1.807) is 20.9 Å². The van der Waals surface area contributed by atoms with Gasteiger partial charge in [0.2, 0.25) is 5.91 Å². The fraction of sp³-hybridized carbons (Fsp3) is 0.875. The smallest absolute Gasteiger partial charge is 0.359 e. The third-order valence-corrected chi connectivity index (χ3v) is 4.35. The second-order valence-electron chi connectivity index (χ2n) is 6.89. The number of alkyl halides is 3. The van der Waals surface area contributed by atoms with Crippen LogP contribution >= 0.6 is 24.0 Å². The van der Waals surface area contributed by atoms with Crippen LogP contribution in [-0.2, 0) is 4.79 Å². The molecule has 0 radical (unpaired) electrons. The lowest BCUT2D eigenvalue weighted by Crippen LogP contribution is -2.46. The molecule has 148 valence electrons. The summed E-state index contributed by atoms with van der Waals surface area (Å²) in [6.07, 6.45) is -2.88. The van der Waals surface area contributed by atoms with Gasteiger partial charge in [0.1, 0.15) is 0 Å². The van der Waals surface area contributed by atoms with Crippen molar-refractivity contribution >= 4 is 35.8 Å². The number of hydrogen-bond acceptors (Lipinski definition) is 2. The largest absolute Gasteiger partial charge is 0.391 e.